The molecule has 0 radical (unpaired) electrons. The van der Waals surface area contributed by atoms with Crippen LogP contribution in [0.1, 0.15) is 31.4 Å². The van der Waals surface area contributed by atoms with E-state index in [2.05, 4.69) is 5.32 Å². The first-order valence-corrected chi connectivity index (χ1v) is 13.4. The molecule has 4 rings (SSSR count). The number of nitrogens with zero attached hydrogens (tertiary/aromatic N) is 1. The van der Waals surface area contributed by atoms with Gasteiger partial charge in [0.25, 0.3) is 5.91 Å². The molecule has 0 bridgehead atoms. The van der Waals surface area contributed by atoms with Gasteiger partial charge in [-0.15, -0.1) is 0 Å². The summed E-state index contributed by atoms with van der Waals surface area (Å²) in [4.78, 5) is 40.8. The van der Waals surface area contributed by atoms with E-state index in [-0.39, 0.29) is 35.8 Å². The molecule has 15 nitrogen and oxygen atoms in total. The molecule has 16 heteroatoms. The van der Waals surface area contributed by atoms with Crippen molar-refractivity contribution >= 4 is 39.3 Å². The molecule has 10 N–H and O–H groups in total. The highest BCUT2D eigenvalue weighted by Gasteiger charge is 2.64. The predicted molar refractivity (Wildman–Crippen MR) is 140 cm³/mol. The van der Waals surface area contributed by atoms with E-state index in [9.17, 15) is 34.8 Å². The maximum Gasteiger partial charge on any atom is 0.394 e. The Balaban J connectivity index is 0.000000810. The van der Waals surface area contributed by atoms with Gasteiger partial charge in [0.15, 0.2) is 11.4 Å². The number of nitrogens with two attached hydrogens (primary N) is 1. The Morgan fingerprint density at radius 2 is 1.73 bits per heavy atom. The van der Waals surface area contributed by atoms with E-state index in [4.69, 9.17) is 23.4 Å². The van der Waals surface area contributed by atoms with Gasteiger partial charge < -0.3 is 25.7 Å². The molecule has 220 valence electrons. The lowest BCUT2D eigenvalue weighted by molar-refractivity contribution is -0.153. The average Bonchev–Trinajstić information content (AvgIpc) is 2.81. The van der Waals surface area contributed by atoms with Gasteiger partial charge in [0.1, 0.15) is 22.8 Å². The number of aromatic hydroxyl groups is 1. The number of aliphatic hydroxyl groups is 3. The maximum absolute atomic E-state index is 13.8. The number of hydrogen-bond acceptors (Lipinski definition) is 12. The lowest BCUT2D eigenvalue weighted by Gasteiger charge is -2.50. The van der Waals surface area contributed by atoms with Crippen molar-refractivity contribution in [3.05, 3.63) is 40.2 Å². The number of likely N-dealkylation sites (N-methyl/N-ethyl adjacent to an activating group) is 1. The van der Waals surface area contributed by atoms with Crippen LogP contribution in [0.5, 0.6) is 5.75 Å². The molecule has 0 heterocycles. The number of phenolic OH excluding ortho intramolecular Hbond substituents is 1. The third-order valence-corrected chi connectivity index (χ3v) is 7.16. The van der Waals surface area contributed by atoms with Crippen LogP contribution in [0.25, 0.3) is 5.76 Å². The molecule has 3 aliphatic rings. The lowest BCUT2D eigenvalue weighted by atomic mass is 9.57. The summed E-state index contributed by atoms with van der Waals surface area (Å²) in [5.74, 6) is -1.32. The fourth-order valence-corrected chi connectivity index (χ4v) is 5.74. The number of phenols is 1. The van der Waals surface area contributed by atoms with Crippen LogP contribution in [-0.4, -0.2) is 92.1 Å². The molecule has 4 atom stereocenters. The molecule has 1 aromatic rings. The number of anilines is 1. The highest BCUT2D eigenvalue weighted by Crippen LogP contribution is 2.53. The van der Waals surface area contributed by atoms with Gasteiger partial charge in [-0.2, -0.15) is 8.42 Å². The summed E-state index contributed by atoms with van der Waals surface area (Å²) in [6.45, 7) is 3.87. The standard InChI is InChI=1S/C24H30N4O7.H2O4S/c1-9(2)26-13-5-6-14(29)16-11(13)7-10-8-12-18(28(3)4)20(31)17(23(34)27-25)22(33)24(12,35)21(32)15(10)19(16)30;1-5(2,3)4/h5-6,9-10,12,18,26,29-30,33,35H,7-8,25H2,1-4H3,(H,27,34);(H2,1,2,3,4)/t10?,12?,18-,24-;/m0./s1. The average molecular weight is 585 g/mol. The van der Waals surface area contributed by atoms with E-state index in [1.165, 1.54) is 11.0 Å². The molecular weight excluding hydrogens is 552 g/mol. The van der Waals surface area contributed by atoms with E-state index >= 15 is 0 Å². The van der Waals surface area contributed by atoms with Gasteiger partial charge in [-0.3, -0.25) is 33.8 Å². The molecule has 1 saturated carbocycles. The quantitative estimate of drug-likeness (QED) is 0.0546. The van der Waals surface area contributed by atoms with Crippen molar-refractivity contribution in [2.75, 3.05) is 19.4 Å². The second-order valence-electron chi connectivity index (χ2n) is 10.3. The number of Topliss-reactive ketones (excluding diaryl/α,β-unsaturated/α-hetero) is 2. The third-order valence-electron chi connectivity index (χ3n) is 7.16. The van der Waals surface area contributed by atoms with Crippen molar-refractivity contribution in [1.29, 1.82) is 0 Å². The number of amides is 1. The largest absolute Gasteiger partial charge is 0.508 e. The molecule has 2 unspecified atom stereocenters. The first-order valence-electron chi connectivity index (χ1n) is 12.0. The molecule has 1 amide bonds. The van der Waals surface area contributed by atoms with Gasteiger partial charge >= 0.3 is 10.4 Å². The van der Waals surface area contributed by atoms with Crippen molar-refractivity contribution in [3.8, 4) is 5.75 Å². The van der Waals surface area contributed by atoms with Crippen LogP contribution < -0.4 is 16.6 Å². The minimum Gasteiger partial charge on any atom is -0.508 e. The van der Waals surface area contributed by atoms with Crippen molar-refractivity contribution < 1.29 is 52.3 Å². The van der Waals surface area contributed by atoms with Crippen LogP contribution in [0.2, 0.25) is 0 Å². The van der Waals surface area contributed by atoms with Crippen molar-refractivity contribution in [2.45, 2.75) is 44.4 Å². The number of ketones is 2. The smallest absolute Gasteiger partial charge is 0.394 e. The monoisotopic (exact) mass is 584 g/mol. The molecule has 0 aliphatic heterocycles. The maximum atomic E-state index is 13.8. The Kier molecular flexibility index (Phi) is 8.36. The fraction of sp³-hybridized carbons (Fsp3) is 0.458. The molecule has 0 saturated heterocycles. The van der Waals surface area contributed by atoms with E-state index in [0.29, 0.717) is 11.3 Å². The Morgan fingerprint density at radius 1 is 1.15 bits per heavy atom. The molecule has 0 aromatic heterocycles. The summed E-state index contributed by atoms with van der Waals surface area (Å²) >= 11 is 0. The van der Waals surface area contributed by atoms with Crippen molar-refractivity contribution in [2.24, 2.45) is 17.7 Å². The normalized spacial score (nSPS) is 26.1. The summed E-state index contributed by atoms with van der Waals surface area (Å²) in [5.41, 5.74) is -0.498. The SMILES string of the molecule is CC(C)Nc1ccc(O)c2c1CC1CC3[C@H](N(C)C)C(=O)C(C(=O)NN)=C(O)[C@@]3(O)C(=O)C1=C2O.O=S(=O)(O)O. The van der Waals surface area contributed by atoms with E-state index in [1.54, 1.807) is 25.6 Å². The van der Waals surface area contributed by atoms with Gasteiger partial charge in [-0.25, -0.2) is 5.84 Å². The zero-order valence-corrected chi connectivity index (χ0v) is 22.9. The number of rotatable bonds is 4. The summed E-state index contributed by atoms with van der Waals surface area (Å²) in [6, 6.07) is 2.02. The van der Waals surface area contributed by atoms with E-state index in [0.717, 1.165) is 0 Å². The predicted octanol–water partition coefficient (Wildman–Crippen LogP) is -0.364. The lowest BCUT2D eigenvalue weighted by Crippen LogP contribution is -2.66. The topological polar surface area (TPSA) is 260 Å². The van der Waals surface area contributed by atoms with Gasteiger partial charge in [0, 0.05) is 23.2 Å². The highest BCUT2D eigenvalue weighted by molar-refractivity contribution is 7.79. The number of aliphatic hydroxyl groups excluding tert-OH is 2. The van der Waals surface area contributed by atoms with Crippen LogP contribution >= 0.6 is 0 Å². The number of fused-ring (bicyclic) bond motifs is 3. The highest BCUT2D eigenvalue weighted by atomic mass is 32.3. The molecular formula is C24H32N4O11S. The molecule has 40 heavy (non-hydrogen) atoms. The van der Waals surface area contributed by atoms with E-state index < -0.39 is 68.4 Å². The molecule has 1 aromatic carbocycles. The van der Waals surface area contributed by atoms with Gasteiger partial charge in [-0.1, -0.05) is 0 Å². The number of benzene rings is 1. The number of carbonyl (C=O) groups excluding carboxylic acids is 3. The summed E-state index contributed by atoms with van der Waals surface area (Å²) in [5, 5.41) is 47.6. The molecule has 1 fully saturated rings. The van der Waals surface area contributed by atoms with Crippen LogP contribution in [0.15, 0.2) is 29.0 Å². The fourth-order valence-electron chi connectivity index (χ4n) is 5.74. The third kappa shape index (κ3) is 5.28. The minimum absolute atomic E-state index is 0.0496. The second kappa shape index (κ2) is 10.8. The molecule has 3 aliphatic carbocycles. The Bertz CT molecular complexity index is 1430. The number of hydrogen-bond donors (Lipinski definition) is 9. The summed E-state index contributed by atoms with van der Waals surface area (Å²) in [7, 11) is -1.54. The number of nitrogens with one attached hydrogen (secondary N) is 2. The van der Waals surface area contributed by atoms with Crippen molar-refractivity contribution in [1.82, 2.24) is 10.3 Å². The van der Waals surface area contributed by atoms with Gasteiger partial charge in [0.05, 0.1) is 11.6 Å². The zero-order valence-electron chi connectivity index (χ0n) is 22.0. The Labute approximate surface area is 229 Å². The second-order valence-corrected chi connectivity index (χ2v) is 11.2. The van der Waals surface area contributed by atoms with Crippen molar-refractivity contribution in [3.63, 3.8) is 0 Å². The number of hydrazine groups is 1. The van der Waals surface area contributed by atoms with Gasteiger partial charge in [-0.05, 0) is 64.4 Å². The van der Waals surface area contributed by atoms with Gasteiger partial charge in [0.2, 0.25) is 5.78 Å². The van der Waals surface area contributed by atoms with Crippen LogP contribution in [0.3, 0.4) is 0 Å². The van der Waals surface area contributed by atoms with Crippen LogP contribution in [0, 0.1) is 11.8 Å². The zero-order chi connectivity index (χ0) is 30.5. The Morgan fingerprint density at radius 3 is 2.23 bits per heavy atom. The first-order chi connectivity index (χ1) is 18.4. The van der Waals surface area contributed by atoms with Crippen LogP contribution in [0.4, 0.5) is 5.69 Å². The minimum atomic E-state index is -4.67. The summed E-state index contributed by atoms with van der Waals surface area (Å²) < 4.78 is 31.6. The molecule has 0 spiro atoms. The summed E-state index contributed by atoms with van der Waals surface area (Å²) in [6.07, 6.45) is 0.291. The number of carbonyl (C=O) groups is 3. The van der Waals surface area contributed by atoms with E-state index in [1.807, 2.05) is 13.8 Å². The Hall–Kier alpha value is -3.54. The van der Waals surface area contributed by atoms with Crippen LogP contribution in [-0.2, 0) is 31.2 Å². The first kappa shape index (κ1) is 31.0.